The number of hydrogen-bond donors (Lipinski definition) is 2. The maximum absolute atomic E-state index is 12.0. The molecule has 88 valence electrons. The number of rotatable bonds is 2. The molecular weight excluding hydrogens is 228 g/mol. The van der Waals surface area contributed by atoms with Crippen LogP contribution in [-0.4, -0.2) is 29.9 Å². The van der Waals surface area contributed by atoms with Gasteiger partial charge >= 0.3 is 0 Å². The molecule has 1 fully saturated rings. The van der Waals surface area contributed by atoms with Crippen molar-refractivity contribution in [1.29, 1.82) is 0 Å². The van der Waals surface area contributed by atoms with Crippen LogP contribution in [0.15, 0.2) is 11.0 Å². The Morgan fingerprint density at radius 2 is 2.25 bits per heavy atom. The Labute approximate surface area is 98.8 Å². The summed E-state index contributed by atoms with van der Waals surface area (Å²) in [6.45, 7) is 1.84. The normalized spacial score (nSPS) is 17.4. The topological polar surface area (TPSA) is 59.0 Å². The third kappa shape index (κ3) is 2.05. The summed E-state index contributed by atoms with van der Waals surface area (Å²) in [4.78, 5) is 12.0. The van der Waals surface area contributed by atoms with E-state index < -0.39 is 0 Å². The zero-order chi connectivity index (χ0) is 11.5. The lowest BCUT2D eigenvalue weighted by atomic mass is 10.1. The van der Waals surface area contributed by atoms with Gasteiger partial charge in [0.2, 0.25) is 0 Å². The van der Waals surface area contributed by atoms with Crippen molar-refractivity contribution in [2.45, 2.75) is 18.9 Å². The van der Waals surface area contributed by atoms with Crippen LogP contribution < -0.4 is 16.2 Å². The van der Waals surface area contributed by atoms with E-state index in [1.54, 1.807) is 13.2 Å². The molecular formula is C10H15ClN4O. The molecule has 0 aromatic carbocycles. The zero-order valence-electron chi connectivity index (χ0n) is 9.16. The van der Waals surface area contributed by atoms with Gasteiger partial charge in [0.15, 0.2) is 0 Å². The van der Waals surface area contributed by atoms with Crippen LogP contribution in [0.1, 0.15) is 18.9 Å². The average molecular weight is 243 g/mol. The first-order valence-corrected chi connectivity index (χ1v) is 5.77. The second kappa shape index (κ2) is 4.84. The van der Waals surface area contributed by atoms with Crippen molar-refractivity contribution in [2.75, 3.05) is 25.5 Å². The molecule has 16 heavy (non-hydrogen) atoms. The Balaban J connectivity index is 2.34. The highest BCUT2D eigenvalue weighted by molar-refractivity contribution is 6.32. The van der Waals surface area contributed by atoms with Gasteiger partial charge in [-0.3, -0.25) is 4.79 Å². The number of halogens is 1. The number of anilines is 1. The van der Waals surface area contributed by atoms with Gasteiger partial charge in [-0.15, -0.1) is 0 Å². The fourth-order valence-corrected chi connectivity index (χ4v) is 2.16. The highest BCUT2D eigenvalue weighted by Crippen LogP contribution is 2.19. The maximum Gasteiger partial charge on any atom is 0.287 e. The summed E-state index contributed by atoms with van der Waals surface area (Å²) in [6.07, 6.45) is 3.44. The first-order valence-electron chi connectivity index (χ1n) is 5.40. The third-order valence-corrected chi connectivity index (χ3v) is 3.23. The number of nitrogens with one attached hydrogen (secondary N) is 2. The van der Waals surface area contributed by atoms with Crippen molar-refractivity contribution < 1.29 is 0 Å². The Morgan fingerprint density at radius 3 is 2.88 bits per heavy atom. The van der Waals surface area contributed by atoms with Crippen molar-refractivity contribution in [1.82, 2.24) is 15.1 Å². The fraction of sp³-hybridized carbons (Fsp3) is 0.600. The van der Waals surface area contributed by atoms with Crippen LogP contribution in [0.25, 0.3) is 0 Å². The van der Waals surface area contributed by atoms with E-state index >= 15 is 0 Å². The van der Waals surface area contributed by atoms with Gasteiger partial charge in [-0.25, -0.2) is 4.68 Å². The number of nitrogens with zero attached hydrogens (tertiary/aromatic N) is 2. The second-order valence-electron chi connectivity index (χ2n) is 3.85. The minimum atomic E-state index is -0.208. The molecule has 1 saturated heterocycles. The molecule has 1 aliphatic rings. The van der Waals surface area contributed by atoms with E-state index in [-0.39, 0.29) is 16.6 Å². The van der Waals surface area contributed by atoms with Gasteiger partial charge in [0.25, 0.3) is 5.56 Å². The minimum Gasteiger partial charge on any atom is -0.385 e. The molecule has 5 nitrogen and oxygen atoms in total. The van der Waals surface area contributed by atoms with E-state index in [0.717, 1.165) is 25.9 Å². The summed E-state index contributed by atoms with van der Waals surface area (Å²) in [5, 5.41) is 10.5. The lowest BCUT2D eigenvalue weighted by Crippen LogP contribution is -2.35. The summed E-state index contributed by atoms with van der Waals surface area (Å²) < 4.78 is 1.50. The molecule has 0 spiro atoms. The van der Waals surface area contributed by atoms with Gasteiger partial charge in [-0.2, -0.15) is 5.10 Å². The molecule has 0 unspecified atom stereocenters. The molecule has 0 radical (unpaired) electrons. The predicted molar refractivity (Wildman–Crippen MR) is 64.2 cm³/mol. The van der Waals surface area contributed by atoms with E-state index in [1.807, 2.05) is 0 Å². The van der Waals surface area contributed by atoms with Crippen LogP contribution in [0, 0.1) is 0 Å². The molecule has 1 aliphatic heterocycles. The van der Waals surface area contributed by atoms with E-state index in [0.29, 0.717) is 5.69 Å². The monoisotopic (exact) mass is 242 g/mol. The SMILES string of the molecule is CNc1cnn(C2CCNCC2)c(=O)c1Cl. The van der Waals surface area contributed by atoms with Crippen LogP contribution in [0.3, 0.4) is 0 Å². The maximum atomic E-state index is 12.0. The first kappa shape index (κ1) is 11.4. The van der Waals surface area contributed by atoms with Crippen LogP contribution in [0.4, 0.5) is 5.69 Å². The van der Waals surface area contributed by atoms with E-state index in [1.165, 1.54) is 4.68 Å². The van der Waals surface area contributed by atoms with Gasteiger partial charge < -0.3 is 10.6 Å². The molecule has 1 aromatic rings. The lowest BCUT2D eigenvalue weighted by Gasteiger charge is -2.23. The molecule has 2 rings (SSSR count). The molecule has 2 N–H and O–H groups in total. The second-order valence-corrected chi connectivity index (χ2v) is 4.23. The number of aromatic nitrogens is 2. The molecule has 0 amide bonds. The Hall–Kier alpha value is -1.07. The van der Waals surface area contributed by atoms with Gasteiger partial charge in [-0.1, -0.05) is 11.6 Å². The molecule has 0 saturated carbocycles. The van der Waals surface area contributed by atoms with Crippen molar-refractivity contribution in [3.63, 3.8) is 0 Å². The van der Waals surface area contributed by atoms with E-state index in [9.17, 15) is 4.79 Å². The van der Waals surface area contributed by atoms with Gasteiger partial charge in [0, 0.05) is 7.05 Å². The lowest BCUT2D eigenvalue weighted by molar-refractivity contribution is 0.332. The smallest absolute Gasteiger partial charge is 0.287 e. The predicted octanol–water partition coefficient (Wildman–Crippen LogP) is 0.863. The van der Waals surface area contributed by atoms with Gasteiger partial charge in [0.05, 0.1) is 17.9 Å². The molecule has 6 heteroatoms. The summed E-state index contributed by atoms with van der Waals surface area (Å²) in [7, 11) is 1.72. The summed E-state index contributed by atoms with van der Waals surface area (Å²) in [5.74, 6) is 0. The highest BCUT2D eigenvalue weighted by Gasteiger charge is 2.19. The van der Waals surface area contributed by atoms with Gasteiger partial charge in [0.1, 0.15) is 5.02 Å². The van der Waals surface area contributed by atoms with Crippen LogP contribution in [0.2, 0.25) is 5.02 Å². The molecule has 2 heterocycles. The standard InChI is InChI=1S/C10H15ClN4O/c1-12-8-6-14-15(10(16)9(8)11)7-2-4-13-5-3-7/h6-7,12-13H,2-5H2,1H3. The van der Waals surface area contributed by atoms with Crippen molar-refractivity contribution in [2.24, 2.45) is 0 Å². The van der Waals surface area contributed by atoms with Crippen molar-refractivity contribution in [3.05, 3.63) is 21.6 Å². The highest BCUT2D eigenvalue weighted by atomic mass is 35.5. The van der Waals surface area contributed by atoms with Gasteiger partial charge in [-0.05, 0) is 25.9 Å². The largest absolute Gasteiger partial charge is 0.385 e. The molecule has 1 aromatic heterocycles. The van der Waals surface area contributed by atoms with Crippen molar-refractivity contribution in [3.8, 4) is 0 Å². The van der Waals surface area contributed by atoms with Crippen LogP contribution in [-0.2, 0) is 0 Å². The van der Waals surface area contributed by atoms with Crippen LogP contribution in [0.5, 0.6) is 0 Å². The quantitative estimate of drug-likeness (QED) is 0.808. The fourth-order valence-electron chi connectivity index (χ4n) is 1.93. The summed E-state index contributed by atoms with van der Waals surface area (Å²) in [6, 6.07) is 0.164. The Bertz CT molecular complexity index is 425. The summed E-state index contributed by atoms with van der Waals surface area (Å²) >= 11 is 5.97. The number of hydrogen-bond acceptors (Lipinski definition) is 4. The molecule has 0 bridgehead atoms. The Kier molecular flexibility index (Phi) is 3.46. The first-order chi connectivity index (χ1) is 7.74. The van der Waals surface area contributed by atoms with E-state index in [4.69, 9.17) is 11.6 Å². The number of piperidine rings is 1. The molecule has 0 atom stereocenters. The minimum absolute atomic E-state index is 0.164. The van der Waals surface area contributed by atoms with Crippen LogP contribution >= 0.6 is 11.6 Å². The zero-order valence-corrected chi connectivity index (χ0v) is 9.92. The molecule has 0 aliphatic carbocycles. The Morgan fingerprint density at radius 1 is 1.56 bits per heavy atom. The third-order valence-electron chi connectivity index (χ3n) is 2.87. The van der Waals surface area contributed by atoms with E-state index in [2.05, 4.69) is 15.7 Å². The van der Waals surface area contributed by atoms with Crippen molar-refractivity contribution >= 4 is 17.3 Å². The summed E-state index contributed by atoms with van der Waals surface area (Å²) in [5.41, 5.74) is 0.372. The average Bonchev–Trinajstić information content (AvgIpc) is 2.34.